The zero-order chi connectivity index (χ0) is 21.6. The van der Waals surface area contributed by atoms with Gasteiger partial charge in [0, 0.05) is 19.2 Å². The Kier molecular flexibility index (Phi) is 7.78. The molecule has 0 aliphatic rings. The Morgan fingerprint density at radius 3 is 2.66 bits per heavy atom. The molecule has 1 heterocycles. The molecule has 2 aromatic rings. The first-order chi connectivity index (χ1) is 13.8. The van der Waals surface area contributed by atoms with Gasteiger partial charge in [0.2, 0.25) is 0 Å². The SMILES string of the molecule is CCCCn1c(N)c(N(CCC)C(=O)/C=C/c2ccc(F)c(Cl)c2)c(=O)[nH]c1=O. The molecular weight excluding hydrogens is 399 g/mol. The molecule has 2 rings (SSSR count). The van der Waals surface area contributed by atoms with E-state index in [4.69, 9.17) is 17.3 Å². The highest BCUT2D eigenvalue weighted by Gasteiger charge is 2.22. The molecule has 1 amide bonds. The number of hydrogen-bond donors (Lipinski definition) is 2. The minimum absolute atomic E-state index is 0.0489. The number of hydrogen-bond acceptors (Lipinski definition) is 4. The van der Waals surface area contributed by atoms with Crippen LogP contribution in [0.3, 0.4) is 0 Å². The van der Waals surface area contributed by atoms with Crippen molar-refractivity contribution in [2.75, 3.05) is 17.2 Å². The Hall–Kier alpha value is -2.87. The number of carbonyl (C=O) groups excluding carboxylic acids is 1. The third-order valence-electron chi connectivity index (χ3n) is 4.29. The van der Waals surface area contributed by atoms with Gasteiger partial charge in [-0.2, -0.15) is 0 Å². The smallest absolute Gasteiger partial charge is 0.330 e. The minimum atomic E-state index is -0.722. The number of nitrogens with one attached hydrogen (secondary N) is 1. The number of anilines is 2. The first-order valence-electron chi connectivity index (χ1n) is 9.37. The van der Waals surface area contributed by atoms with Crippen LogP contribution in [0.15, 0.2) is 33.9 Å². The predicted octanol–water partition coefficient (Wildman–Crippen LogP) is 3.17. The van der Waals surface area contributed by atoms with E-state index < -0.39 is 23.0 Å². The lowest BCUT2D eigenvalue weighted by molar-refractivity contribution is -0.114. The molecule has 0 atom stereocenters. The fourth-order valence-corrected chi connectivity index (χ4v) is 2.99. The lowest BCUT2D eigenvalue weighted by atomic mass is 10.2. The molecule has 0 spiro atoms. The van der Waals surface area contributed by atoms with Crippen molar-refractivity contribution in [3.05, 3.63) is 61.5 Å². The number of carbonyl (C=O) groups is 1. The third-order valence-corrected chi connectivity index (χ3v) is 4.58. The summed E-state index contributed by atoms with van der Waals surface area (Å²) >= 11 is 5.75. The molecule has 0 aliphatic heterocycles. The van der Waals surface area contributed by atoms with Gasteiger partial charge in [-0.25, -0.2) is 9.18 Å². The highest BCUT2D eigenvalue weighted by Crippen LogP contribution is 2.20. The van der Waals surface area contributed by atoms with Gasteiger partial charge in [0.25, 0.3) is 11.5 Å². The summed E-state index contributed by atoms with van der Waals surface area (Å²) < 4.78 is 14.5. The fourth-order valence-electron chi connectivity index (χ4n) is 2.81. The Morgan fingerprint density at radius 1 is 1.31 bits per heavy atom. The molecule has 0 bridgehead atoms. The molecule has 1 aromatic carbocycles. The molecule has 3 N–H and O–H groups in total. The maximum atomic E-state index is 13.3. The average molecular weight is 423 g/mol. The third kappa shape index (κ3) is 5.35. The normalized spacial score (nSPS) is 11.2. The van der Waals surface area contributed by atoms with Crippen molar-refractivity contribution in [3.8, 4) is 0 Å². The van der Waals surface area contributed by atoms with E-state index in [1.165, 1.54) is 39.8 Å². The summed E-state index contributed by atoms with van der Waals surface area (Å²) in [4.78, 5) is 40.8. The van der Waals surface area contributed by atoms with E-state index in [0.717, 1.165) is 6.42 Å². The second-order valence-corrected chi connectivity index (χ2v) is 6.90. The van der Waals surface area contributed by atoms with Crippen molar-refractivity contribution >= 4 is 35.1 Å². The van der Waals surface area contributed by atoms with Crippen LogP contribution >= 0.6 is 11.6 Å². The van der Waals surface area contributed by atoms with Crippen molar-refractivity contribution in [2.24, 2.45) is 0 Å². The Morgan fingerprint density at radius 2 is 2.03 bits per heavy atom. The first-order valence-corrected chi connectivity index (χ1v) is 9.75. The van der Waals surface area contributed by atoms with Gasteiger partial charge in [0.1, 0.15) is 11.6 Å². The maximum absolute atomic E-state index is 13.3. The Bertz CT molecular complexity index is 1030. The number of unbranched alkanes of at least 4 members (excludes halogenated alkanes) is 1. The van der Waals surface area contributed by atoms with E-state index in [2.05, 4.69) is 4.98 Å². The number of nitrogens with two attached hydrogens (primary N) is 1. The second-order valence-electron chi connectivity index (χ2n) is 6.50. The molecule has 9 heteroatoms. The molecule has 0 fully saturated rings. The van der Waals surface area contributed by atoms with Gasteiger partial charge in [0.15, 0.2) is 5.69 Å². The largest absolute Gasteiger partial charge is 0.383 e. The number of aromatic nitrogens is 2. The molecule has 0 saturated carbocycles. The summed E-state index contributed by atoms with van der Waals surface area (Å²) in [7, 11) is 0. The topological polar surface area (TPSA) is 101 Å². The summed E-state index contributed by atoms with van der Waals surface area (Å²) in [6.07, 6.45) is 4.81. The maximum Gasteiger partial charge on any atom is 0.330 e. The van der Waals surface area contributed by atoms with E-state index in [9.17, 15) is 18.8 Å². The zero-order valence-electron chi connectivity index (χ0n) is 16.4. The highest BCUT2D eigenvalue weighted by molar-refractivity contribution is 6.30. The highest BCUT2D eigenvalue weighted by atomic mass is 35.5. The number of benzene rings is 1. The average Bonchev–Trinajstić information content (AvgIpc) is 2.67. The number of amides is 1. The van der Waals surface area contributed by atoms with Crippen LogP contribution in [0.1, 0.15) is 38.7 Å². The number of H-pyrrole nitrogens is 1. The van der Waals surface area contributed by atoms with Gasteiger partial charge in [-0.05, 0) is 36.6 Å². The van der Waals surface area contributed by atoms with Gasteiger partial charge in [-0.15, -0.1) is 0 Å². The van der Waals surface area contributed by atoms with Crippen molar-refractivity contribution in [3.63, 3.8) is 0 Å². The zero-order valence-corrected chi connectivity index (χ0v) is 17.1. The molecule has 0 saturated heterocycles. The lowest BCUT2D eigenvalue weighted by Gasteiger charge is -2.23. The van der Waals surface area contributed by atoms with Crippen LogP contribution in [-0.4, -0.2) is 22.0 Å². The van der Waals surface area contributed by atoms with E-state index in [-0.39, 0.29) is 23.1 Å². The van der Waals surface area contributed by atoms with E-state index >= 15 is 0 Å². The monoisotopic (exact) mass is 422 g/mol. The molecule has 0 aliphatic carbocycles. The molecule has 156 valence electrons. The van der Waals surface area contributed by atoms with Crippen molar-refractivity contribution < 1.29 is 9.18 Å². The van der Waals surface area contributed by atoms with Gasteiger partial charge < -0.3 is 10.6 Å². The summed E-state index contributed by atoms with van der Waals surface area (Å²) in [5, 5.41) is -0.0614. The molecule has 29 heavy (non-hydrogen) atoms. The van der Waals surface area contributed by atoms with Crippen LogP contribution in [0.5, 0.6) is 0 Å². The van der Waals surface area contributed by atoms with Crippen LogP contribution in [0, 0.1) is 5.82 Å². The lowest BCUT2D eigenvalue weighted by Crippen LogP contribution is -2.41. The fraction of sp³-hybridized carbons (Fsp3) is 0.350. The van der Waals surface area contributed by atoms with Crippen LogP contribution in [0.2, 0.25) is 5.02 Å². The molecule has 0 unspecified atom stereocenters. The van der Waals surface area contributed by atoms with Crippen LogP contribution in [-0.2, 0) is 11.3 Å². The summed E-state index contributed by atoms with van der Waals surface area (Å²) in [5.41, 5.74) is 5.24. The van der Waals surface area contributed by atoms with Gasteiger partial charge >= 0.3 is 5.69 Å². The molecule has 1 aromatic heterocycles. The van der Waals surface area contributed by atoms with E-state index in [1.54, 1.807) is 0 Å². The van der Waals surface area contributed by atoms with Crippen molar-refractivity contribution in [1.82, 2.24) is 9.55 Å². The van der Waals surface area contributed by atoms with E-state index in [0.29, 0.717) is 24.9 Å². The predicted molar refractivity (Wildman–Crippen MR) is 114 cm³/mol. The number of rotatable bonds is 8. The quantitative estimate of drug-likeness (QED) is 0.638. The second kappa shape index (κ2) is 10.1. The van der Waals surface area contributed by atoms with Gasteiger partial charge in [-0.1, -0.05) is 37.9 Å². The van der Waals surface area contributed by atoms with Crippen LogP contribution in [0.25, 0.3) is 6.08 Å². The summed E-state index contributed by atoms with van der Waals surface area (Å²) in [5.74, 6) is -1.10. The molecular formula is C20H24ClFN4O3. The molecule has 7 nitrogen and oxygen atoms in total. The van der Waals surface area contributed by atoms with Crippen molar-refractivity contribution in [1.29, 1.82) is 0 Å². The number of nitrogens with zero attached hydrogens (tertiary/aromatic N) is 2. The number of aromatic amines is 1. The standard InChI is InChI=1S/C20H24ClFN4O3/c1-3-5-11-26-18(23)17(19(28)24-20(26)29)25(10-4-2)16(27)9-7-13-6-8-15(22)14(21)12-13/h6-9,12H,3-5,10-11,23H2,1-2H3,(H,24,28,29)/b9-7+. The van der Waals surface area contributed by atoms with Crippen LogP contribution < -0.4 is 21.9 Å². The number of halogens is 2. The summed E-state index contributed by atoms with van der Waals surface area (Å²) in [6, 6.07) is 4.06. The number of nitrogen functional groups attached to an aromatic ring is 1. The first kappa shape index (κ1) is 22.4. The minimum Gasteiger partial charge on any atom is -0.383 e. The van der Waals surface area contributed by atoms with Gasteiger partial charge in [-0.3, -0.25) is 19.1 Å². The Labute approximate surface area is 172 Å². The summed E-state index contributed by atoms with van der Waals surface area (Å²) in [6.45, 7) is 4.38. The van der Waals surface area contributed by atoms with Gasteiger partial charge in [0.05, 0.1) is 5.02 Å². The van der Waals surface area contributed by atoms with Crippen LogP contribution in [0.4, 0.5) is 15.9 Å². The molecule has 0 radical (unpaired) electrons. The van der Waals surface area contributed by atoms with Crippen molar-refractivity contribution in [2.45, 2.75) is 39.7 Å². The Balaban J connectivity index is 2.43. The van der Waals surface area contributed by atoms with E-state index in [1.807, 2.05) is 13.8 Å².